The lowest BCUT2D eigenvalue weighted by Crippen LogP contribution is -2.63. The van der Waals surface area contributed by atoms with Crippen LogP contribution in [0.1, 0.15) is 13.8 Å². The maximum absolute atomic E-state index is 11.9. The normalized spacial score (nSPS) is 35.6. The van der Waals surface area contributed by atoms with Gasteiger partial charge >= 0.3 is 5.97 Å². The van der Waals surface area contributed by atoms with Crippen molar-refractivity contribution in [1.82, 2.24) is 4.90 Å². The van der Waals surface area contributed by atoms with Crippen LogP contribution in [0.5, 0.6) is 0 Å². The lowest BCUT2D eigenvalue weighted by atomic mass is 9.98. The highest BCUT2D eigenvalue weighted by Crippen LogP contribution is 2.53. The van der Waals surface area contributed by atoms with E-state index in [0.29, 0.717) is 4.61 Å². The largest absolute Gasteiger partial charge is 0.453 e. The third-order valence-electron chi connectivity index (χ3n) is 2.80. The summed E-state index contributed by atoms with van der Waals surface area (Å²) in [5.74, 6) is -0.231. The van der Waals surface area contributed by atoms with E-state index in [1.807, 2.05) is 36.4 Å². The van der Waals surface area contributed by atoms with Crippen LogP contribution in [-0.2, 0) is 14.3 Å². The molecule has 1 amide bonds. The second-order valence-electron chi connectivity index (χ2n) is 4.23. The molecule has 0 spiro atoms. The van der Waals surface area contributed by atoms with Crippen LogP contribution in [0.25, 0.3) is 0 Å². The summed E-state index contributed by atoms with van der Waals surface area (Å²) in [6, 6.07) is -0.434. The van der Waals surface area contributed by atoms with E-state index in [2.05, 4.69) is 22.6 Å². The van der Waals surface area contributed by atoms with Crippen molar-refractivity contribution in [1.29, 1.82) is 0 Å². The Morgan fingerprint density at radius 2 is 2.25 bits per heavy atom. The molecule has 0 aliphatic carbocycles. The number of alkyl halides is 2. The van der Waals surface area contributed by atoms with Crippen LogP contribution in [0.4, 0.5) is 0 Å². The number of esters is 1. The minimum atomic E-state index is -0.434. The number of nitrogens with zero attached hydrogens (tertiary/aromatic N) is 1. The van der Waals surface area contributed by atoms with Gasteiger partial charge in [-0.2, -0.15) is 0 Å². The average Bonchev–Trinajstić information content (AvgIpc) is 2.47. The molecule has 90 valence electrons. The molecule has 2 saturated heterocycles. The second-order valence-corrected chi connectivity index (χ2v) is 7.97. The third-order valence-corrected chi connectivity index (χ3v) is 6.38. The summed E-state index contributed by atoms with van der Waals surface area (Å²) in [4.78, 5) is 25.3. The number of carbonyl (C=O) groups excluding carboxylic acids is 2. The predicted molar refractivity (Wildman–Crippen MR) is 78.9 cm³/mol. The van der Waals surface area contributed by atoms with Gasteiger partial charge in [-0.25, -0.2) is 4.79 Å². The van der Waals surface area contributed by atoms with Gasteiger partial charge in [-0.3, -0.25) is 4.79 Å². The first kappa shape index (κ1) is 13.2. The molecule has 0 unspecified atom stereocenters. The minimum absolute atomic E-state index is 0.000670. The van der Waals surface area contributed by atoms with Gasteiger partial charge in [0.2, 0.25) is 5.91 Å². The van der Waals surface area contributed by atoms with Gasteiger partial charge in [0.05, 0.1) is 0 Å². The molecule has 0 bridgehead atoms. The summed E-state index contributed by atoms with van der Waals surface area (Å²) in [6.07, 6.45) is 0. The summed E-state index contributed by atoms with van der Waals surface area (Å²) >= 11 is 5.81. The number of carbonyl (C=O) groups is 2. The molecule has 3 atom stereocenters. The quantitative estimate of drug-likeness (QED) is 0.269. The van der Waals surface area contributed by atoms with Crippen LogP contribution in [0, 0.1) is 0 Å². The maximum atomic E-state index is 11.9. The summed E-state index contributed by atoms with van der Waals surface area (Å²) in [6.45, 7) is 3.98. The van der Waals surface area contributed by atoms with E-state index in [0.717, 1.165) is 0 Å². The van der Waals surface area contributed by atoms with Crippen molar-refractivity contribution < 1.29 is 14.3 Å². The van der Waals surface area contributed by atoms with Gasteiger partial charge in [-0.15, -0.1) is 11.8 Å². The van der Waals surface area contributed by atoms with Crippen molar-refractivity contribution in [3.05, 3.63) is 0 Å². The van der Waals surface area contributed by atoms with E-state index in [1.54, 1.807) is 16.7 Å². The lowest BCUT2D eigenvalue weighted by Gasteiger charge is -2.41. The van der Waals surface area contributed by atoms with E-state index in [-0.39, 0.29) is 25.9 Å². The molecule has 0 aromatic heterocycles. The molecule has 0 radical (unpaired) electrons. The molecule has 0 aromatic carbocycles. The van der Waals surface area contributed by atoms with Gasteiger partial charge in [-0.05, 0) is 36.4 Å². The Morgan fingerprint density at radius 3 is 2.81 bits per heavy atom. The van der Waals surface area contributed by atoms with Gasteiger partial charge in [0, 0.05) is 4.75 Å². The highest BCUT2D eigenvalue weighted by atomic mass is 127. The molecule has 2 rings (SSSR count). The Hall–Kier alpha value is 0.750. The zero-order valence-electron chi connectivity index (χ0n) is 8.78. The fraction of sp³-hybridized carbons (Fsp3) is 0.778. The first-order chi connectivity index (χ1) is 7.40. The molecule has 2 heterocycles. The minimum Gasteiger partial charge on any atom is -0.453 e. The number of ether oxygens (including phenoxy) is 1. The van der Waals surface area contributed by atoms with Crippen LogP contribution in [0.3, 0.4) is 0 Å². The van der Waals surface area contributed by atoms with Gasteiger partial charge in [0.15, 0.2) is 0 Å². The number of β-lactam (4-membered cyclic amide) rings is 1. The number of hydrogen-bond acceptors (Lipinski definition) is 4. The molecule has 7 heteroatoms. The van der Waals surface area contributed by atoms with Crippen LogP contribution in [0.15, 0.2) is 0 Å². The van der Waals surface area contributed by atoms with Gasteiger partial charge in [0.1, 0.15) is 20.0 Å². The Balaban J connectivity index is 2.22. The second kappa shape index (κ2) is 4.45. The molecule has 2 aliphatic heterocycles. The SMILES string of the molecule is CC1(C)S[C@@H]2[C@H](I)C(=O)N2[C@H]1C(=O)OCI. The summed E-state index contributed by atoms with van der Waals surface area (Å²) in [7, 11) is 0. The number of halogens is 2. The summed E-state index contributed by atoms with van der Waals surface area (Å²) < 4.78 is 5.10. The van der Waals surface area contributed by atoms with Crippen molar-refractivity contribution in [2.45, 2.75) is 33.9 Å². The van der Waals surface area contributed by atoms with Crippen molar-refractivity contribution in [2.75, 3.05) is 4.61 Å². The first-order valence-corrected chi connectivity index (χ1v) is 8.42. The Morgan fingerprint density at radius 1 is 1.62 bits per heavy atom. The molecule has 4 nitrogen and oxygen atoms in total. The Kier molecular flexibility index (Phi) is 3.67. The van der Waals surface area contributed by atoms with Gasteiger partial charge < -0.3 is 9.64 Å². The van der Waals surface area contributed by atoms with Crippen molar-refractivity contribution in [3.63, 3.8) is 0 Å². The van der Waals surface area contributed by atoms with E-state index >= 15 is 0 Å². The monoisotopic (exact) mass is 467 g/mol. The van der Waals surface area contributed by atoms with Gasteiger partial charge in [0.25, 0.3) is 0 Å². The highest BCUT2D eigenvalue weighted by molar-refractivity contribution is 14.1. The van der Waals surface area contributed by atoms with E-state index in [1.165, 1.54) is 0 Å². The fourth-order valence-corrected chi connectivity index (χ4v) is 5.03. The average molecular weight is 467 g/mol. The van der Waals surface area contributed by atoms with E-state index in [4.69, 9.17) is 4.74 Å². The highest BCUT2D eigenvalue weighted by Gasteiger charge is 2.63. The van der Waals surface area contributed by atoms with E-state index in [9.17, 15) is 9.59 Å². The molecule has 16 heavy (non-hydrogen) atoms. The molecule has 0 saturated carbocycles. The smallest absolute Gasteiger partial charge is 0.331 e. The number of amides is 1. The topological polar surface area (TPSA) is 46.6 Å². The van der Waals surface area contributed by atoms with Crippen LogP contribution in [0.2, 0.25) is 0 Å². The van der Waals surface area contributed by atoms with Crippen molar-refractivity contribution in [3.8, 4) is 0 Å². The van der Waals surface area contributed by atoms with Gasteiger partial charge in [-0.1, -0.05) is 22.6 Å². The molecule has 0 aromatic rings. The molecule has 2 fully saturated rings. The Bertz CT molecular complexity index is 350. The lowest BCUT2D eigenvalue weighted by molar-refractivity contribution is -0.158. The van der Waals surface area contributed by atoms with Crippen molar-refractivity contribution >= 4 is 68.8 Å². The number of fused-ring (bicyclic) bond motifs is 1. The molecular formula is C9H11I2NO3S. The summed E-state index contributed by atoms with van der Waals surface area (Å²) in [5, 5.41) is 0.134. The Labute approximate surface area is 125 Å². The van der Waals surface area contributed by atoms with E-state index < -0.39 is 6.04 Å². The number of thioether (sulfide) groups is 1. The van der Waals surface area contributed by atoms with Crippen molar-refractivity contribution in [2.24, 2.45) is 0 Å². The summed E-state index contributed by atoms with van der Waals surface area (Å²) in [5.41, 5.74) is 0. The molecule has 2 aliphatic rings. The number of hydrogen-bond donors (Lipinski definition) is 0. The number of rotatable bonds is 2. The predicted octanol–water partition coefficient (Wildman–Crippen LogP) is 1.79. The third kappa shape index (κ3) is 1.86. The maximum Gasteiger partial charge on any atom is 0.331 e. The molecule has 0 N–H and O–H groups in total. The standard InChI is InChI=1S/C9H11I2NO3S/c1-9(2)5(8(14)15-3-10)12-6(13)4(11)7(12)16-9/h4-5,7H,3H2,1-2H3/t4-,5+,7-/m1/s1. The molecular weight excluding hydrogens is 456 g/mol. The zero-order chi connectivity index (χ0) is 12.1. The van der Waals surface area contributed by atoms with Crippen LogP contribution < -0.4 is 0 Å². The fourth-order valence-electron chi connectivity index (χ4n) is 2.08. The zero-order valence-corrected chi connectivity index (χ0v) is 13.9. The first-order valence-electron chi connectivity index (χ1n) is 4.77. The van der Waals surface area contributed by atoms with Crippen LogP contribution >= 0.6 is 56.9 Å². The van der Waals surface area contributed by atoms with Crippen LogP contribution in [-0.4, -0.2) is 41.5 Å².